The van der Waals surface area contributed by atoms with Gasteiger partial charge < -0.3 is 4.98 Å². The topological polar surface area (TPSA) is 38.5 Å². The molecule has 0 saturated carbocycles. The number of nitrogens with zero attached hydrogens (tertiary/aromatic N) is 3. The number of imidazole rings is 1. The van der Waals surface area contributed by atoms with E-state index >= 15 is 0 Å². The summed E-state index contributed by atoms with van der Waals surface area (Å²) in [5.41, 5.74) is 3.32. The molecule has 98 valence electrons. The van der Waals surface area contributed by atoms with Crippen LogP contribution >= 0.6 is 24.0 Å². The number of hydrogen-bond acceptors (Lipinski definition) is 3. The van der Waals surface area contributed by atoms with Gasteiger partial charge in [-0.25, -0.2) is 4.68 Å². The molecule has 1 unspecified atom stereocenters. The van der Waals surface area contributed by atoms with Crippen LogP contribution in [0.4, 0.5) is 0 Å². The minimum Gasteiger partial charge on any atom is -0.328 e. The smallest absolute Gasteiger partial charge is 0.179 e. The zero-order valence-corrected chi connectivity index (χ0v) is 12.4. The SMILES string of the molecule is CCn1nc(C)c2[nH]c(=S)n(C3CCCSC3)c21. The first-order chi connectivity index (χ1) is 8.72. The number of hydrogen-bond donors (Lipinski definition) is 1. The number of rotatable bonds is 2. The van der Waals surface area contributed by atoms with Gasteiger partial charge in [0, 0.05) is 18.3 Å². The van der Waals surface area contributed by atoms with E-state index < -0.39 is 0 Å². The Bertz CT molecular complexity index is 616. The van der Waals surface area contributed by atoms with Crippen molar-refractivity contribution in [3.05, 3.63) is 10.5 Å². The quantitative estimate of drug-likeness (QED) is 0.859. The van der Waals surface area contributed by atoms with Gasteiger partial charge in [-0.3, -0.25) is 4.57 Å². The Labute approximate surface area is 116 Å². The summed E-state index contributed by atoms with van der Waals surface area (Å²) in [6.07, 6.45) is 2.51. The fraction of sp³-hybridized carbons (Fsp3) is 0.667. The number of nitrogens with one attached hydrogen (secondary N) is 1. The second-order valence-corrected chi connectivity index (χ2v) is 6.31. The molecule has 1 aliphatic heterocycles. The third kappa shape index (κ3) is 1.82. The third-order valence-corrected chi connectivity index (χ3v) is 5.08. The van der Waals surface area contributed by atoms with Crippen molar-refractivity contribution in [3.63, 3.8) is 0 Å². The number of H-pyrrole nitrogens is 1. The van der Waals surface area contributed by atoms with Gasteiger partial charge >= 0.3 is 0 Å². The van der Waals surface area contributed by atoms with Crippen LogP contribution in [-0.4, -0.2) is 30.8 Å². The molecule has 0 radical (unpaired) electrons. The molecule has 4 nitrogen and oxygen atoms in total. The highest BCUT2D eigenvalue weighted by Crippen LogP contribution is 2.30. The average molecular weight is 282 g/mol. The molecule has 3 heterocycles. The monoisotopic (exact) mass is 282 g/mol. The van der Waals surface area contributed by atoms with Crippen molar-refractivity contribution < 1.29 is 0 Å². The molecule has 1 fully saturated rings. The largest absolute Gasteiger partial charge is 0.328 e. The van der Waals surface area contributed by atoms with Gasteiger partial charge in [-0.05, 0) is 44.7 Å². The molecule has 18 heavy (non-hydrogen) atoms. The van der Waals surface area contributed by atoms with Gasteiger partial charge in [-0.15, -0.1) is 0 Å². The van der Waals surface area contributed by atoms with Crippen LogP contribution in [-0.2, 0) is 6.54 Å². The zero-order valence-electron chi connectivity index (χ0n) is 10.8. The zero-order chi connectivity index (χ0) is 12.7. The van der Waals surface area contributed by atoms with Crippen molar-refractivity contribution in [1.82, 2.24) is 19.3 Å². The van der Waals surface area contributed by atoms with Crippen molar-refractivity contribution in [2.45, 2.75) is 39.3 Å². The molecule has 0 bridgehead atoms. The first-order valence-corrected chi connectivity index (χ1v) is 8.04. The lowest BCUT2D eigenvalue weighted by atomic mass is 10.2. The number of aryl methyl sites for hydroxylation is 2. The summed E-state index contributed by atoms with van der Waals surface area (Å²) in [4.78, 5) is 3.33. The molecule has 1 atom stereocenters. The predicted molar refractivity (Wildman–Crippen MR) is 78.9 cm³/mol. The summed E-state index contributed by atoms with van der Waals surface area (Å²) < 4.78 is 5.21. The highest BCUT2D eigenvalue weighted by atomic mass is 32.2. The molecule has 0 spiro atoms. The van der Waals surface area contributed by atoms with Crippen LogP contribution in [0.1, 0.15) is 31.5 Å². The number of fused-ring (bicyclic) bond motifs is 1. The minimum atomic E-state index is 0.520. The van der Waals surface area contributed by atoms with E-state index in [-0.39, 0.29) is 0 Å². The summed E-state index contributed by atoms with van der Waals surface area (Å²) >= 11 is 7.54. The normalized spacial score (nSPS) is 20.7. The molecule has 1 saturated heterocycles. The highest BCUT2D eigenvalue weighted by Gasteiger charge is 2.22. The molecule has 2 aromatic rings. The van der Waals surface area contributed by atoms with Crippen LogP contribution in [0.5, 0.6) is 0 Å². The minimum absolute atomic E-state index is 0.520. The Kier molecular flexibility index (Phi) is 3.23. The Morgan fingerprint density at radius 3 is 3.06 bits per heavy atom. The Balaban J connectivity index is 2.20. The van der Waals surface area contributed by atoms with Gasteiger partial charge in [-0.1, -0.05) is 0 Å². The van der Waals surface area contributed by atoms with E-state index in [4.69, 9.17) is 12.2 Å². The molecule has 1 aliphatic rings. The Morgan fingerprint density at radius 2 is 2.39 bits per heavy atom. The lowest BCUT2D eigenvalue weighted by Gasteiger charge is -2.23. The van der Waals surface area contributed by atoms with E-state index in [1.54, 1.807) is 0 Å². The van der Waals surface area contributed by atoms with Crippen LogP contribution in [0.3, 0.4) is 0 Å². The van der Waals surface area contributed by atoms with E-state index in [0.29, 0.717) is 6.04 Å². The maximum absolute atomic E-state index is 5.51. The Hall–Kier alpha value is -0.750. The fourth-order valence-corrected chi connectivity index (χ4v) is 4.17. The first-order valence-electron chi connectivity index (χ1n) is 6.47. The average Bonchev–Trinajstić information content (AvgIpc) is 2.88. The molecule has 2 aromatic heterocycles. The van der Waals surface area contributed by atoms with Gasteiger partial charge in [0.05, 0.1) is 5.69 Å². The second-order valence-electron chi connectivity index (χ2n) is 4.77. The molecule has 6 heteroatoms. The lowest BCUT2D eigenvalue weighted by Crippen LogP contribution is -2.18. The Morgan fingerprint density at radius 1 is 1.56 bits per heavy atom. The molecule has 0 amide bonds. The number of thioether (sulfide) groups is 1. The van der Waals surface area contributed by atoms with Crippen LogP contribution in [0.15, 0.2) is 0 Å². The molecule has 1 N–H and O–H groups in total. The summed E-state index contributed by atoms with van der Waals surface area (Å²) in [6, 6.07) is 0.520. The van der Waals surface area contributed by atoms with E-state index in [9.17, 15) is 0 Å². The summed E-state index contributed by atoms with van der Waals surface area (Å²) in [7, 11) is 0. The maximum Gasteiger partial charge on any atom is 0.179 e. The number of aromatic amines is 1. The summed E-state index contributed by atoms with van der Waals surface area (Å²) in [6.45, 7) is 5.05. The molecular formula is C12H18N4S2. The van der Waals surface area contributed by atoms with Gasteiger partial charge in [-0.2, -0.15) is 16.9 Å². The van der Waals surface area contributed by atoms with Crippen molar-refractivity contribution in [2.24, 2.45) is 0 Å². The van der Waals surface area contributed by atoms with Gasteiger partial charge in [0.1, 0.15) is 5.52 Å². The summed E-state index contributed by atoms with van der Waals surface area (Å²) in [5.74, 6) is 2.44. The first kappa shape index (κ1) is 12.3. The lowest BCUT2D eigenvalue weighted by molar-refractivity contribution is 0.492. The van der Waals surface area contributed by atoms with Crippen LogP contribution in [0.2, 0.25) is 0 Å². The second kappa shape index (κ2) is 4.74. The predicted octanol–water partition coefficient (Wildman–Crippen LogP) is 3.29. The van der Waals surface area contributed by atoms with Gasteiger partial charge in [0.15, 0.2) is 10.4 Å². The van der Waals surface area contributed by atoms with Gasteiger partial charge in [0.2, 0.25) is 0 Å². The van der Waals surface area contributed by atoms with Crippen LogP contribution in [0.25, 0.3) is 11.2 Å². The van der Waals surface area contributed by atoms with Gasteiger partial charge in [0.25, 0.3) is 0 Å². The molecular weight excluding hydrogens is 264 g/mol. The standard InChI is InChI=1S/C12H18N4S2/c1-3-15-11-10(8(2)14-15)13-12(17)16(11)9-5-4-6-18-7-9/h9H,3-7H2,1-2H3,(H,13,17). The number of aromatic nitrogens is 4. The summed E-state index contributed by atoms with van der Waals surface area (Å²) in [5, 5.41) is 4.58. The van der Waals surface area contributed by atoms with E-state index in [0.717, 1.165) is 28.3 Å². The van der Waals surface area contributed by atoms with Crippen LogP contribution in [0, 0.1) is 11.7 Å². The third-order valence-electron chi connectivity index (χ3n) is 3.58. The van der Waals surface area contributed by atoms with Crippen molar-refractivity contribution in [2.75, 3.05) is 11.5 Å². The maximum atomic E-state index is 5.51. The van der Waals surface area contributed by atoms with Crippen molar-refractivity contribution in [1.29, 1.82) is 0 Å². The van der Waals surface area contributed by atoms with Crippen LogP contribution < -0.4 is 0 Å². The van der Waals surface area contributed by atoms with E-state index in [1.807, 2.05) is 18.7 Å². The molecule has 0 aliphatic carbocycles. The van der Waals surface area contributed by atoms with E-state index in [1.165, 1.54) is 24.2 Å². The fourth-order valence-electron chi connectivity index (χ4n) is 2.71. The van der Waals surface area contributed by atoms with Crippen molar-refractivity contribution in [3.8, 4) is 0 Å². The van der Waals surface area contributed by atoms with Crippen molar-refractivity contribution >= 4 is 35.1 Å². The highest BCUT2D eigenvalue weighted by molar-refractivity contribution is 7.99. The molecule has 3 rings (SSSR count). The van der Waals surface area contributed by atoms with E-state index in [2.05, 4.69) is 26.3 Å². The molecule has 0 aromatic carbocycles.